The summed E-state index contributed by atoms with van der Waals surface area (Å²) in [6.07, 6.45) is -0.262. The van der Waals surface area contributed by atoms with Crippen LogP contribution in [0.5, 0.6) is 0 Å². The number of methoxy groups -OCH3 is 2. The third kappa shape index (κ3) is 5.49. The van der Waals surface area contributed by atoms with Crippen LogP contribution in [0.25, 0.3) is 0 Å². The molecule has 0 aromatic rings. The predicted molar refractivity (Wildman–Crippen MR) is 45.2 cm³/mol. The van der Waals surface area contributed by atoms with E-state index in [0.29, 0.717) is 13.2 Å². The molecule has 4 heteroatoms. The van der Waals surface area contributed by atoms with E-state index in [-0.39, 0.29) is 18.8 Å². The van der Waals surface area contributed by atoms with E-state index in [9.17, 15) is 0 Å². The maximum atomic E-state index is 8.83. The third-order valence-electron chi connectivity index (χ3n) is 1.38. The van der Waals surface area contributed by atoms with Gasteiger partial charge in [-0.3, -0.25) is 0 Å². The lowest BCUT2D eigenvalue weighted by Crippen LogP contribution is -2.29. The number of hydrogen-bond acceptors (Lipinski definition) is 4. The van der Waals surface area contributed by atoms with Crippen molar-refractivity contribution in [2.45, 2.75) is 19.1 Å². The molecule has 0 aliphatic heterocycles. The van der Waals surface area contributed by atoms with Crippen molar-refractivity contribution in [2.24, 2.45) is 0 Å². The Morgan fingerprint density at radius 2 is 1.75 bits per heavy atom. The summed E-state index contributed by atoms with van der Waals surface area (Å²) in [6.45, 7) is 2.80. The zero-order valence-corrected chi connectivity index (χ0v) is 7.95. The summed E-state index contributed by atoms with van der Waals surface area (Å²) >= 11 is 0. The molecule has 0 aliphatic rings. The first-order valence-corrected chi connectivity index (χ1v) is 3.98. The normalized spacial score (nSPS) is 16.0. The van der Waals surface area contributed by atoms with E-state index < -0.39 is 0 Å². The van der Waals surface area contributed by atoms with Crippen molar-refractivity contribution in [3.05, 3.63) is 0 Å². The zero-order valence-electron chi connectivity index (χ0n) is 7.95. The Balaban J connectivity index is 3.53. The van der Waals surface area contributed by atoms with Crippen molar-refractivity contribution in [1.29, 1.82) is 0 Å². The van der Waals surface area contributed by atoms with Crippen molar-refractivity contribution < 1.29 is 19.3 Å². The van der Waals surface area contributed by atoms with Crippen LogP contribution < -0.4 is 0 Å². The maximum Gasteiger partial charge on any atom is 0.104 e. The Kier molecular flexibility index (Phi) is 7.39. The fourth-order valence-electron chi connectivity index (χ4n) is 0.923. The topological polar surface area (TPSA) is 47.9 Å². The minimum atomic E-state index is -0.250. The van der Waals surface area contributed by atoms with Crippen LogP contribution in [0.4, 0.5) is 0 Å². The Morgan fingerprint density at radius 1 is 1.17 bits per heavy atom. The van der Waals surface area contributed by atoms with Crippen LogP contribution in [0.3, 0.4) is 0 Å². The van der Waals surface area contributed by atoms with Gasteiger partial charge in [-0.25, -0.2) is 0 Å². The molecular formula is C8H18O4. The van der Waals surface area contributed by atoms with Crippen LogP contribution in [-0.4, -0.2) is 51.4 Å². The third-order valence-corrected chi connectivity index (χ3v) is 1.38. The number of aliphatic hydroxyl groups is 1. The lowest BCUT2D eigenvalue weighted by molar-refractivity contribution is -0.0838. The standard InChI is InChI=1S/C8H18O4/c1-7(5-10-2)12-8(4-9)6-11-3/h7-9H,4-6H2,1-3H3. The molecule has 2 atom stereocenters. The molecule has 74 valence electrons. The second-order valence-electron chi connectivity index (χ2n) is 2.66. The lowest BCUT2D eigenvalue weighted by atomic mass is 10.3. The molecule has 0 radical (unpaired) electrons. The highest BCUT2D eigenvalue weighted by atomic mass is 16.6. The average Bonchev–Trinajstić information content (AvgIpc) is 2.04. The molecule has 4 nitrogen and oxygen atoms in total. The van der Waals surface area contributed by atoms with Gasteiger partial charge < -0.3 is 19.3 Å². The summed E-state index contributed by atoms with van der Waals surface area (Å²) in [4.78, 5) is 0. The van der Waals surface area contributed by atoms with E-state index in [1.807, 2.05) is 6.92 Å². The van der Waals surface area contributed by atoms with Crippen molar-refractivity contribution in [1.82, 2.24) is 0 Å². The monoisotopic (exact) mass is 178 g/mol. The summed E-state index contributed by atoms with van der Waals surface area (Å²) in [5, 5.41) is 8.83. The van der Waals surface area contributed by atoms with Gasteiger partial charge in [0.2, 0.25) is 0 Å². The molecule has 0 amide bonds. The van der Waals surface area contributed by atoms with Gasteiger partial charge in [-0.1, -0.05) is 0 Å². The van der Waals surface area contributed by atoms with Crippen LogP contribution >= 0.6 is 0 Å². The molecule has 0 aliphatic carbocycles. The predicted octanol–water partition coefficient (Wildman–Crippen LogP) is 0.0452. The van der Waals surface area contributed by atoms with Crippen LogP contribution in [-0.2, 0) is 14.2 Å². The molecule has 0 aromatic heterocycles. The van der Waals surface area contributed by atoms with Gasteiger partial charge in [-0.15, -0.1) is 0 Å². The SMILES string of the molecule is COCC(C)OC(CO)COC. The average molecular weight is 178 g/mol. The van der Waals surface area contributed by atoms with Gasteiger partial charge in [-0.2, -0.15) is 0 Å². The fourth-order valence-corrected chi connectivity index (χ4v) is 0.923. The molecule has 0 bridgehead atoms. The second-order valence-corrected chi connectivity index (χ2v) is 2.66. The van der Waals surface area contributed by atoms with Gasteiger partial charge in [0.05, 0.1) is 25.9 Å². The largest absolute Gasteiger partial charge is 0.394 e. The molecule has 0 saturated heterocycles. The van der Waals surface area contributed by atoms with E-state index in [4.69, 9.17) is 19.3 Å². The van der Waals surface area contributed by atoms with Crippen LogP contribution in [0.1, 0.15) is 6.92 Å². The Bertz CT molecular complexity index is 97.1. The molecular weight excluding hydrogens is 160 g/mol. The van der Waals surface area contributed by atoms with Crippen molar-refractivity contribution in [2.75, 3.05) is 34.0 Å². The molecule has 0 aromatic carbocycles. The molecule has 0 heterocycles. The molecule has 0 rings (SSSR count). The molecule has 2 unspecified atom stereocenters. The minimum absolute atomic E-state index is 0.0118. The minimum Gasteiger partial charge on any atom is -0.394 e. The molecule has 12 heavy (non-hydrogen) atoms. The van der Waals surface area contributed by atoms with Crippen molar-refractivity contribution >= 4 is 0 Å². The van der Waals surface area contributed by atoms with E-state index in [0.717, 1.165) is 0 Å². The van der Waals surface area contributed by atoms with Crippen LogP contribution in [0.15, 0.2) is 0 Å². The van der Waals surface area contributed by atoms with Gasteiger partial charge in [0.25, 0.3) is 0 Å². The van der Waals surface area contributed by atoms with Gasteiger partial charge in [0.15, 0.2) is 0 Å². The first-order valence-electron chi connectivity index (χ1n) is 3.98. The highest BCUT2D eigenvalue weighted by molar-refractivity contribution is 4.57. The van der Waals surface area contributed by atoms with E-state index >= 15 is 0 Å². The molecule has 0 spiro atoms. The van der Waals surface area contributed by atoms with Gasteiger partial charge in [0.1, 0.15) is 6.10 Å². The second kappa shape index (κ2) is 7.49. The Hall–Kier alpha value is -0.160. The summed E-state index contributed by atoms with van der Waals surface area (Å²) in [5.74, 6) is 0. The summed E-state index contributed by atoms with van der Waals surface area (Å²) in [6, 6.07) is 0. The summed E-state index contributed by atoms with van der Waals surface area (Å²) in [5.41, 5.74) is 0. The van der Waals surface area contributed by atoms with Crippen LogP contribution in [0.2, 0.25) is 0 Å². The smallest absolute Gasteiger partial charge is 0.104 e. The highest BCUT2D eigenvalue weighted by Crippen LogP contribution is 1.98. The molecule has 1 N–H and O–H groups in total. The van der Waals surface area contributed by atoms with Crippen molar-refractivity contribution in [3.8, 4) is 0 Å². The number of ether oxygens (including phenoxy) is 3. The summed E-state index contributed by atoms with van der Waals surface area (Å²) < 4.78 is 15.1. The maximum absolute atomic E-state index is 8.83. The first kappa shape index (κ1) is 11.8. The number of aliphatic hydroxyl groups excluding tert-OH is 1. The van der Waals surface area contributed by atoms with E-state index in [1.165, 1.54) is 0 Å². The number of hydrogen-bond donors (Lipinski definition) is 1. The molecule has 0 fully saturated rings. The summed E-state index contributed by atoms with van der Waals surface area (Å²) in [7, 11) is 3.19. The van der Waals surface area contributed by atoms with Gasteiger partial charge in [-0.05, 0) is 6.92 Å². The van der Waals surface area contributed by atoms with Crippen molar-refractivity contribution in [3.63, 3.8) is 0 Å². The molecule has 0 saturated carbocycles. The first-order chi connectivity index (χ1) is 5.74. The highest BCUT2D eigenvalue weighted by Gasteiger charge is 2.11. The quantitative estimate of drug-likeness (QED) is 0.598. The van der Waals surface area contributed by atoms with E-state index in [2.05, 4.69) is 0 Å². The van der Waals surface area contributed by atoms with Gasteiger partial charge in [0, 0.05) is 14.2 Å². The number of rotatable bonds is 7. The zero-order chi connectivity index (χ0) is 9.40. The fraction of sp³-hybridized carbons (Fsp3) is 1.00. The Morgan fingerprint density at radius 3 is 2.17 bits per heavy atom. The Labute approximate surface area is 73.4 Å². The van der Waals surface area contributed by atoms with Gasteiger partial charge >= 0.3 is 0 Å². The van der Waals surface area contributed by atoms with Crippen LogP contribution in [0, 0.1) is 0 Å². The van der Waals surface area contributed by atoms with E-state index in [1.54, 1.807) is 14.2 Å². The lowest BCUT2D eigenvalue weighted by Gasteiger charge is -2.19.